The fourth-order valence-corrected chi connectivity index (χ4v) is 2.12. The molecule has 0 radical (unpaired) electrons. The number of primary amides is 1. The molecular weight excluding hydrogens is 339 g/mol. The third kappa shape index (κ3) is 3.88. The summed E-state index contributed by atoms with van der Waals surface area (Å²) in [6.07, 6.45) is 0. The first kappa shape index (κ1) is 15.2. The van der Waals surface area contributed by atoms with Crippen LogP contribution < -0.4 is 11.1 Å². The summed E-state index contributed by atoms with van der Waals surface area (Å²) in [6.45, 7) is 0.176. The second-order valence-corrected chi connectivity index (χ2v) is 5.29. The van der Waals surface area contributed by atoms with Crippen molar-refractivity contribution in [2.75, 3.05) is 0 Å². The van der Waals surface area contributed by atoms with Crippen LogP contribution in [-0.4, -0.2) is 11.8 Å². The van der Waals surface area contributed by atoms with Crippen LogP contribution in [0.1, 0.15) is 26.3 Å². The Morgan fingerprint density at radius 1 is 1.19 bits per heavy atom. The highest BCUT2D eigenvalue weighted by Crippen LogP contribution is 2.15. The molecule has 0 unspecified atom stereocenters. The minimum absolute atomic E-state index is 0.0377. The van der Waals surface area contributed by atoms with E-state index in [1.165, 1.54) is 12.1 Å². The second-order valence-electron chi connectivity index (χ2n) is 4.37. The number of amides is 2. The van der Waals surface area contributed by atoms with Gasteiger partial charge in [-0.15, -0.1) is 0 Å². The maximum absolute atomic E-state index is 13.6. The first-order chi connectivity index (χ1) is 9.97. The summed E-state index contributed by atoms with van der Waals surface area (Å²) < 4.78 is 14.2. The van der Waals surface area contributed by atoms with Gasteiger partial charge in [-0.2, -0.15) is 0 Å². The molecule has 21 heavy (non-hydrogen) atoms. The first-order valence-electron chi connectivity index (χ1n) is 6.09. The third-order valence-electron chi connectivity index (χ3n) is 2.84. The highest BCUT2D eigenvalue weighted by Gasteiger charge is 2.11. The van der Waals surface area contributed by atoms with E-state index in [9.17, 15) is 14.0 Å². The van der Waals surface area contributed by atoms with Crippen LogP contribution in [0.25, 0.3) is 0 Å². The number of carbonyl (C=O) groups excluding carboxylic acids is 2. The molecular formula is C15H12BrFN2O2. The predicted molar refractivity (Wildman–Crippen MR) is 80.2 cm³/mol. The molecule has 0 saturated heterocycles. The SMILES string of the molecule is NC(=O)c1cccc(CNC(=O)c2ccc(Br)cc2F)c1. The van der Waals surface area contributed by atoms with Crippen molar-refractivity contribution in [2.24, 2.45) is 5.73 Å². The number of nitrogens with one attached hydrogen (secondary N) is 1. The van der Waals surface area contributed by atoms with Crippen LogP contribution in [0.5, 0.6) is 0 Å². The molecule has 0 aliphatic carbocycles. The number of hydrogen-bond donors (Lipinski definition) is 2. The fourth-order valence-electron chi connectivity index (χ4n) is 1.79. The topological polar surface area (TPSA) is 72.2 Å². The van der Waals surface area contributed by atoms with E-state index in [1.54, 1.807) is 30.3 Å². The van der Waals surface area contributed by atoms with E-state index in [1.807, 2.05) is 0 Å². The average Bonchev–Trinajstić information content (AvgIpc) is 2.45. The zero-order chi connectivity index (χ0) is 15.4. The van der Waals surface area contributed by atoms with Gasteiger partial charge >= 0.3 is 0 Å². The summed E-state index contributed by atoms with van der Waals surface area (Å²) in [6, 6.07) is 10.8. The Balaban J connectivity index is 2.07. The number of nitrogens with two attached hydrogens (primary N) is 1. The Kier molecular flexibility index (Phi) is 4.70. The first-order valence-corrected chi connectivity index (χ1v) is 6.88. The number of halogens is 2. The van der Waals surface area contributed by atoms with Crippen molar-refractivity contribution in [1.29, 1.82) is 0 Å². The Bertz CT molecular complexity index is 704. The van der Waals surface area contributed by atoms with Gasteiger partial charge in [0.1, 0.15) is 5.82 Å². The molecule has 0 aromatic heterocycles. The highest BCUT2D eigenvalue weighted by atomic mass is 79.9. The molecule has 2 amide bonds. The Labute approximate surface area is 129 Å². The minimum atomic E-state index is -0.604. The Morgan fingerprint density at radius 2 is 1.95 bits per heavy atom. The van der Waals surface area contributed by atoms with Crippen LogP contribution in [0.4, 0.5) is 4.39 Å². The maximum Gasteiger partial charge on any atom is 0.254 e. The van der Waals surface area contributed by atoms with Gasteiger partial charge in [-0.25, -0.2) is 4.39 Å². The minimum Gasteiger partial charge on any atom is -0.366 e. The molecule has 3 N–H and O–H groups in total. The van der Waals surface area contributed by atoms with E-state index in [0.29, 0.717) is 15.6 Å². The summed E-state index contributed by atoms with van der Waals surface area (Å²) >= 11 is 3.13. The summed E-state index contributed by atoms with van der Waals surface area (Å²) in [5, 5.41) is 2.60. The molecule has 0 atom stereocenters. The van der Waals surface area contributed by atoms with Crippen LogP contribution in [0.3, 0.4) is 0 Å². The lowest BCUT2D eigenvalue weighted by atomic mass is 10.1. The number of hydrogen-bond acceptors (Lipinski definition) is 2. The molecule has 0 spiro atoms. The van der Waals surface area contributed by atoms with Crippen LogP contribution in [0.15, 0.2) is 46.9 Å². The summed E-state index contributed by atoms with van der Waals surface area (Å²) in [5.41, 5.74) is 6.21. The lowest BCUT2D eigenvalue weighted by Gasteiger charge is -2.07. The van der Waals surface area contributed by atoms with E-state index in [4.69, 9.17) is 5.73 Å². The van der Waals surface area contributed by atoms with Gasteiger partial charge in [0.25, 0.3) is 5.91 Å². The standard InChI is InChI=1S/C15H12BrFN2O2/c16-11-4-5-12(13(17)7-11)15(21)19-8-9-2-1-3-10(6-9)14(18)20/h1-7H,8H2,(H2,18,20)(H,19,21). The average molecular weight is 351 g/mol. The van der Waals surface area contributed by atoms with Crippen molar-refractivity contribution in [3.63, 3.8) is 0 Å². The monoisotopic (exact) mass is 350 g/mol. The molecule has 108 valence electrons. The van der Waals surface area contributed by atoms with Crippen LogP contribution in [0.2, 0.25) is 0 Å². The molecule has 0 bridgehead atoms. The largest absolute Gasteiger partial charge is 0.366 e. The third-order valence-corrected chi connectivity index (χ3v) is 3.33. The quantitative estimate of drug-likeness (QED) is 0.889. The second kappa shape index (κ2) is 6.49. The summed E-state index contributed by atoms with van der Waals surface area (Å²) in [7, 11) is 0. The molecule has 4 nitrogen and oxygen atoms in total. The van der Waals surface area contributed by atoms with E-state index in [0.717, 1.165) is 0 Å². The van der Waals surface area contributed by atoms with Crippen molar-refractivity contribution in [1.82, 2.24) is 5.32 Å². The van der Waals surface area contributed by atoms with Gasteiger partial charge in [-0.05, 0) is 35.9 Å². The molecule has 0 fully saturated rings. The van der Waals surface area contributed by atoms with Crippen molar-refractivity contribution >= 4 is 27.7 Å². The summed E-state index contributed by atoms with van der Waals surface area (Å²) in [4.78, 5) is 23.0. The van der Waals surface area contributed by atoms with E-state index in [2.05, 4.69) is 21.2 Å². The molecule has 6 heteroatoms. The zero-order valence-electron chi connectivity index (χ0n) is 10.9. The number of rotatable bonds is 4. The fraction of sp³-hybridized carbons (Fsp3) is 0.0667. The van der Waals surface area contributed by atoms with Gasteiger partial charge in [0.2, 0.25) is 5.91 Å². The lowest BCUT2D eigenvalue weighted by molar-refractivity contribution is 0.0946. The molecule has 0 saturated carbocycles. The molecule has 2 rings (SSSR count). The lowest BCUT2D eigenvalue weighted by Crippen LogP contribution is -2.24. The molecule has 0 aliphatic heterocycles. The van der Waals surface area contributed by atoms with E-state index in [-0.39, 0.29) is 12.1 Å². The van der Waals surface area contributed by atoms with Crippen LogP contribution in [0, 0.1) is 5.82 Å². The molecule has 0 heterocycles. The van der Waals surface area contributed by atoms with Gasteiger partial charge in [0.05, 0.1) is 5.56 Å². The highest BCUT2D eigenvalue weighted by molar-refractivity contribution is 9.10. The van der Waals surface area contributed by atoms with Crippen molar-refractivity contribution in [3.8, 4) is 0 Å². The Hall–Kier alpha value is -2.21. The van der Waals surface area contributed by atoms with Crippen LogP contribution >= 0.6 is 15.9 Å². The summed E-state index contributed by atoms with van der Waals surface area (Å²) in [5.74, 6) is -1.67. The van der Waals surface area contributed by atoms with E-state index < -0.39 is 17.6 Å². The van der Waals surface area contributed by atoms with Gasteiger partial charge in [-0.3, -0.25) is 9.59 Å². The zero-order valence-corrected chi connectivity index (χ0v) is 12.5. The molecule has 0 aliphatic rings. The smallest absolute Gasteiger partial charge is 0.254 e. The molecule has 2 aromatic carbocycles. The van der Waals surface area contributed by atoms with Gasteiger partial charge in [-0.1, -0.05) is 28.1 Å². The van der Waals surface area contributed by atoms with Crippen molar-refractivity contribution in [2.45, 2.75) is 6.54 Å². The Morgan fingerprint density at radius 3 is 2.62 bits per heavy atom. The van der Waals surface area contributed by atoms with Crippen molar-refractivity contribution in [3.05, 3.63) is 69.4 Å². The van der Waals surface area contributed by atoms with Gasteiger partial charge in [0, 0.05) is 16.6 Å². The van der Waals surface area contributed by atoms with Gasteiger partial charge < -0.3 is 11.1 Å². The number of carbonyl (C=O) groups is 2. The van der Waals surface area contributed by atoms with E-state index >= 15 is 0 Å². The maximum atomic E-state index is 13.6. The number of benzene rings is 2. The normalized spacial score (nSPS) is 10.2. The molecule has 2 aromatic rings. The van der Waals surface area contributed by atoms with Crippen molar-refractivity contribution < 1.29 is 14.0 Å². The van der Waals surface area contributed by atoms with Crippen LogP contribution in [-0.2, 0) is 6.54 Å². The predicted octanol–water partition coefficient (Wildman–Crippen LogP) is 2.62. The van der Waals surface area contributed by atoms with Gasteiger partial charge in [0.15, 0.2) is 0 Å².